The summed E-state index contributed by atoms with van der Waals surface area (Å²) < 4.78 is 32.2. The van der Waals surface area contributed by atoms with Gasteiger partial charge in [-0.1, -0.05) is 0 Å². The summed E-state index contributed by atoms with van der Waals surface area (Å²) in [6, 6.07) is 0. The van der Waals surface area contributed by atoms with Gasteiger partial charge in [0.25, 0.3) is 10.2 Å². The van der Waals surface area contributed by atoms with Crippen molar-refractivity contribution in [2.45, 2.75) is 25.4 Å². The molecule has 0 atom stereocenters. The first kappa shape index (κ1) is 17.3. The fourth-order valence-electron chi connectivity index (χ4n) is 2.01. The van der Waals surface area contributed by atoms with Crippen LogP contribution in [0.5, 0.6) is 0 Å². The van der Waals surface area contributed by atoms with Gasteiger partial charge in [-0.2, -0.15) is 17.0 Å². The fourth-order valence-corrected chi connectivity index (χ4v) is 3.40. The topological polar surface area (TPSA) is 107 Å². The van der Waals surface area contributed by atoms with Crippen LogP contribution in [0.15, 0.2) is 0 Å². The van der Waals surface area contributed by atoms with Crippen LogP contribution in [0.2, 0.25) is 0 Å². The third-order valence-electron chi connectivity index (χ3n) is 3.21. The summed E-state index contributed by atoms with van der Waals surface area (Å²) >= 11 is 0. The lowest BCUT2D eigenvalue weighted by atomic mass is 10.1. The van der Waals surface area contributed by atoms with E-state index in [4.69, 9.17) is 14.9 Å². The molecule has 0 spiro atoms. The second kappa shape index (κ2) is 7.89. The highest BCUT2D eigenvalue weighted by Gasteiger charge is 2.31. The van der Waals surface area contributed by atoms with E-state index in [2.05, 4.69) is 0 Å². The van der Waals surface area contributed by atoms with Crippen LogP contribution < -0.4 is 0 Å². The maximum absolute atomic E-state index is 12.2. The third-order valence-corrected chi connectivity index (χ3v) is 5.19. The maximum Gasteiger partial charge on any atom is 0.304 e. The largest absolute Gasteiger partial charge is 0.481 e. The van der Waals surface area contributed by atoms with E-state index in [-0.39, 0.29) is 32.3 Å². The number of aliphatic hydroxyl groups excluding tert-OH is 1. The van der Waals surface area contributed by atoms with Crippen LogP contribution in [-0.2, 0) is 19.7 Å². The minimum atomic E-state index is -3.60. The second-order valence-electron chi connectivity index (χ2n) is 4.67. The molecule has 1 heterocycles. The minimum absolute atomic E-state index is 0.0297. The molecule has 1 fully saturated rings. The van der Waals surface area contributed by atoms with E-state index in [0.29, 0.717) is 25.9 Å². The van der Waals surface area contributed by atoms with Crippen molar-refractivity contribution < 1.29 is 28.2 Å². The van der Waals surface area contributed by atoms with Crippen LogP contribution in [0.1, 0.15) is 19.3 Å². The Morgan fingerprint density at radius 3 is 2.50 bits per heavy atom. The first-order chi connectivity index (χ1) is 9.37. The summed E-state index contributed by atoms with van der Waals surface area (Å²) in [5.41, 5.74) is 0. The van der Waals surface area contributed by atoms with Gasteiger partial charge in [0.05, 0.1) is 25.7 Å². The molecule has 0 aliphatic carbocycles. The van der Waals surface area contributed by atoms with E-state index >= 15 is 0 Å². The highest BCUT2D eigenvalue weighted by molar-refractivity contribution is 7.86. The van der Waals surface area contributed by atoms with Gasteiger partial charge in [0.2, 0.25) is 0 Å². The Morgan fingerprint density at radius 1 is 1.40 bits per heavy atom. The molecule has 1 aliphatic heterocycles. The molecule has 0 bridgehead atoms. The van der Waals surface area contributed by atoms with E-state index in [1.165, 1.54) is 11.4 Å². The third kappa shape index (κ3) is 4.98. The lowest BCUT2D eigenvalue weighted by Crippen LogP contribution is -2.47. The summed E-state index contributed by atoms with van der Waals surface area (Å²) in [7, 11) is -2.22. The molecule has 9 heteroatoms. The van der Waals surface area contributed by atoms with Gasteiger partial charge in [0, 0.05) is 26.7 Å². The number of aliphatic carboxylic acids is 1. The maximum atomic E-state index is 12.2. The van der Waals surface area contributed by atoms with Gasteiger partial charge in [-0.25, -0.2) is 0 Å². The molecule has 0 aromatic carbocycles. The van der Waals surface area contributed by atoms with E-state index in [0.717, 1.165) is 4.31 Å². The Balaban J connectivity index is 2.47. The molecule has 0 aromatic rings. The zero-order valence-electron chi connectivity index (χ0n) is 11.6. The molecule has 1 aliphatic rings. The van der Waals surface area contributed by atoms with E-state index in [1.807, 2.05) is 0 Å². The van der Waals surface area contributed by atoms with Gasteiger partial charge in [0.1, 0.15) is 0 Å². The van der Waals surface area contributed by atoms with E-state index in [9.17, 15) is 13.2 Å². The van der Waals surface area contributed by atoms with Gasteiger partial charge in [-0.05, 0) is 12.8 Å². The molecular formula is C11H22N2O6S. The van der Waals surface area contributed by atoms with Gasteiger partial charge >= 0.3 is 5.97 Å². The predicted molar refractivity (Wildman–Crippen MR) is 71.4 cm³/mol. The first-order valence-electron chi connectivity index (χ1n) is 6.53. The quantitative estimate of drug-likeness (QED) is 0.602. The number of nitrogens with zero attached hydrogens (tertiary/aromatic N) is 2. The highest BCUT2D eigenvalue weighted by Crippen LogP contribution is 2.18. The summed E-state index contributed by atoms with van der Waals surface area (Å²) in [6.07, 6.45) is 0.905. The van der Waals surface area contributed by atoms with Crippen LogP contribution in [0.3, 0.4) is 0 Å². The predicted octanol–water partition coefficient (Wildman–Crippen LogP) is -0.889. The van der Waals surface area contributed by atoms with Crippen molar-refractivity contribution in [2.75, 3.05) is 39.9 Å². The number of rotatable bonds is 8. The molecule has 0 aromatic heterocycles. The number of carbonyl (C=O) groups is 1. The number of carboxylic acids is 1. The van der Waals surface area contributed by atoms with Crippen LogP contribution >= 0.6 is 0 Å². The Bertz CT molecular complexity index is 405. The summed E-state index contributed by atoms with van der Waals surface area (Å²) in [6.45, 7) is 0.858. The van der Waals surface area contributed by atoms with Crippen molar-refractivity contribution >= 4 is 16.2 Å². The molecular weight excluding hydrogens is 288 g/mol. The molecule has 2 N–H and O–H groups in total. The van der Waals surface area contributed by atoms with Crippen molar-refractivity contribution in [1.29, 1.82) is 0 Å². The van der Waals surface area contributed by atoms with Crippen molar-refractivity contribution in [3.63, 3.8) is 0 Å². The lowest BCUT2D eigenvalue weighted by Gasteiger charge is -2.33. The van der Waals surface area contributed by atoms with Crippen molar-refractivity contribution in [1.82, 2.24) is 8.61 Å². The molecule has 1 saturated heterocycles. The zero-order chi connectivity index (χ0) is 15.2. The van der Waals surface area contributed by atoms with Crippen LogP contribution in [0.25, 0.3) is 0 Å². The molecule has 8 nitrogen and oxygen atoms in total. The van der Waals surface area contributed by atoms with Gasteiger partial charge in [0.15, 0.2) is 0 Å². The Morgan fingerprint density at radius 2 is 2.00 bits per heavy atom. The smallest absolute Gasteiger partial charge is 0.304 e. The van der Waals surface area contributed by atoms with Crippen LogP contribution in [0, 0.1) is 0 Å². The van der Waals surface area contributed by atoms with Crippen LogP contribution in [0.4, 0.5) is 0 Å². The van der Waals surface area contributed by atoms with E-state index in [1.54, 1.807) is 0 Å². The Labute approximate surface area is 119 Å². The molecule has 1 rings (SSSR count). The molecule has 20 heavy (non-hydrogen) atoms. The standard InChI is InChI=1S/C11H22N2O6S/c1-12(5-4-11(15)16)20(17,18)13-6-2-10(3-7-13)19-9-8-14/h10,14H,2-9H2,1H3,(H,15,16). The normalized spacial score (nSPS) is 18.6. The lowest BCUT2D eigenvalue weighted by molar-refractivity contribution is -0.137. The van der Waals surface area contributed by atoms with Crippen molar-refractivity contribution in [3.8, 4) is 0 Å². The Kier molecular flexibility index (Phi) is 6.83. The molecule has 0 saturated carbocycles. The molecule has 0 amide bonds. The number of carboxylic acid groups (broad SMARTS) is 1. The van der Waals surface area contributed by atoms with Crippen molar-refractivity contribution in [3.05, 3.63) is 0 Å². The zero-order valence-corrected chi connectivity index (χ0v) is 12.4. The monoisotopic (exact) mass is 310 g/mol. The van der Waals surface area contributed by atoms with E-state index < -0.39 is 16.2 Å². The summed E-state index contributed by atoms with van der Waals surface area (Å²) in [4.78, 5) is 10.5. The fraction of sp³-hybridized carbons (Fsp3) is 0.909. The number of hydrogen-bond donors (Lipinski definition) is 2. The average Bonchev–Trinajstić information content (AvgIpc) is 2.42. The summed E-state index contributed by atoms with van der Waals surface area (Å²) in [5.74, 6) is -1.02. The number of ether oxygens (including phenoxy) is 1. The molecule has 118 valence electrons. The second-order valence-corrected chi connectivity index (χ2v) is 6.70. The number of hydrogen-bond acceptors (Lipinski definition) is 5. The first-order valence-corrected chi connectivity index (χ1v) is 7.93. The molecule has 0 unspecified atom stereocenters. The molecule has 0 radical (unpaired) electrons. The Hall–Kier alpha value is -0.740. The average molecular weight is 310 g/mol. The van der Waals surface area contributed by atoms with Crippen molar-refractivity contribution in [2.24, 2.45) is 0 Å². The van der Waals surface area contributed by atoms with Crippen LogP contribution in [-0.4, -0.2) is 79.2 Å². The highest BCUT2D eigenvalue weighted by atomic mass is 32.2. The number of aliphatic hydroxyl groups is 1. The van der Waals surface area contributed by atoms with Gasteiger partial charge in [-0.15, -0.1) is 0 Å². The number of piperidine rings is 1. The van der Waals surface area contributed by atoms with Gasteiger partial charge < -0.3 is 14.9 Å². The minimum Gasteiger partial charge on any atom is -0.481 e. The van der Waals surface area contributed by atoms with Gasteiger partial charge in [-0.3, -0.25) is 4.79 Å². The summed E-state index contributed by atoms with van der Waals surface area (Å²) in [5, 5.41) is 17.3. The SMILES string of the molecule is CN(CCC(=O)O)S(=O)(=O)N1CCC(OCCO)CC1.